The number of fused-ring (bicyclic) bond motifs is 1. The van der Waals surface area contributed by atoms with Crippen molar-refractivity contribution in [3.8, 4) is 34.1 Å². The number of hydrogen-bond donors (Lipinski definition) is 0. The van der Waals surface area contributed by atoms with Gasteiger partial charge in [0, 0.05) is 27.7 Å². The number of rotatable bonds is 6. The molecule has 4 rings (SSSR count). The molecule has 0 bridgehead atoms. The fraction of sp³-hybridized carbons (Fsp3) is 0.0714. The van der Waals surface area contributed by atoms with Crippen molar-refractivity contribution < 1.29 is 23.5 Å². The van der Waals surface area contributed by atoms with Gasteiger partial charge in [-0.25, -0.2) is 9.59 Å². The number of benzene rings is 3. The molecule has 164 valence electrons. The van der Waals surface area contributed by atoms with Crippen molar-refractivity contribution in [2.75, 3.05) is 0 Å². The summed E-state index contributed by atoms with van der Waals surface area (Å²) >= 11 is 0. The van der Waals surface area contributed by atoms with Gasteiger partial charge >= 0.3 is 11.9 Å². The standard InChI is InChI=1S/C28H22O5/c1-17(2)27(29)31-20-11-9-19(10-12-20)24-15-16-25(32-24)23-13-14-26(33-28(30)18(3)4)22-8-6-5-7-21(22)23/h5-16H,1,3H2,2,4H3. The normalized spacial score (nSPS) is 10.6. The van der Waals surface area contributed by atoms with Crippen molar-refractivity contribution in [3.05, 3.63) is 97.1 Å². The summed E-state index contributed by atoms with van der Waals surface area (Å²) < 4.78 is 16.9. The number of esters is 2. The van der Waals surface area contributed by atoms with Gasteiger partial charge < -0.3 is 13.9 Å². The third-order valence-electron chi connectivity index (χ3n) is 5.00. The van der Waals surface area contributed by atoms with Gasteiger partial charge in [-0.15, -0.1) is 0 Å². The molecule has 0 aliphatic heterocycles. The van der Waals surface area contributed by atoms with Crippen molar-refractivity contribution in [2.45, 2.75) is 13.8 Å². The zero-order chi connectivity index (χ0) is 23.5. The van der Waals surface area contributed by atoms with Crippen LogP contribution in [0.15, 0.2) is 102 Å². The van der Waals surface area contributed by atoms with Crippen molar-refractivity contribution in [2.24, 2.45) is 0 Å². The van der Waals surface area contributed by atoms with E-state index in [-0.39, 0.29) is 0 Å². The van der Waals surface area contributed by atoms with E-state index >= 15 is 0 Å². The van der Waals surface area contributed by atoms with E-state index < -0.39 is 11.9 Å². The summed E-state index contributed by atoms with van der Waals surface area (Å²) in [6.07, 6.45) is 0. The maximum atomic E-state index is 12.0. The Bertz CT molecular complexity index is 1390. The SMILES string of the molecule is C=C(C)C(=O)Oc1ccc(-c2ccc(-c3ccc(OC(=O)C(=C)C)c4ccccc34)o2)cc1. The summed E-state index contributed by atoms with van der Waals surface area (Å²) in [6.45, 7) is 10.4. The molecule has 3 aromatic carbocycles. The van der Waals surface area contributed by atoms with E-state index in [0.29, 0.717) is 34.2 Å². The van der Waals surface area contributed by atoms with E-state index in [0.717, 1.165) is 21.9 Å². The van der Waals surface area contributed by atoms with E-state index in [9.17, 15) is 9.59 Å². The van der Waals surface area contributed by atoms with Crippen LogP contribution in [0.1, 0.15) is 13.8 Å². The molecule has 0 aliphatic carbocycles. The molecular weight excluding hydrogens is 416 g/mol. The van der Waals surface area contributed by atoms with Gasteiger partial charge in [0.15, 0.2) is 0 Å². The summed E-state index contributed by atoms with van der Waals surface area (Å²) in [4.78, 5) is 23.7. The van der Waals surface area contributed by atoms with Crippen molar-refractivity contribution in [3.63, 3.8) is 0 Å². The second-order valence-corrected chi connectivity index (χ2v) is 7.68. The molecule has 4 aromatic rings. The molecule has 0 unspecified atom stereocenters. The molecule has 0 saturated heterocycles. The van der Waals surface area contributed by atoms with E-state index in [2.05, 4.69) is 13.2 Å². The minimum Gasteiger partial charge on any atom is -0.456 e. The highest BCUT2D eigenvalue weighted by atomic mass is 16.5. The Morgan fingerprint density at radius 2 is 1.30 bits per heavy atom. The van der Waals surface area contributed by atoms with Gasteiger partial charge in [-0.3, -0.25) is 0 Å². The fourth-order valence-electron chi connectivity index (χ4n) is 3.28. The van der Waals surface area contributed by atoms with Crippen LogP contribution in [-0.2, 0) is 9.59 Å². The van der Waals surface area contributed by atoms with Crippen LogP contribution in [0.25, 0.3) is 33.4 Å². The van der Waals surface area contributed by atoms with Crippen LogP contribution in [0.5, 0.6) is 11.5 Å². The quantitative estimate of drug-likeness (QED) is 0.190. The van der Waals surface area contributed by atoms with Crippen LogP contribution in [-0.4, -0.2) is 11.9 Å². The van der Waals surface area contributed by atoms with E-state index in [1.165, 1.54) is 0 Å². The molecule has 0 amide bonds. The Balaban J connectivity index is 1.64. The van der Waals surface area contributed by atoms with Gasteiger partial charge in [0.2, 0.25) is 0 Å². The number of furan rings is 1. The summed E-state index contributed by atoms with van der Waals surface area (Å²) in [5, 5.41) is 1.69. The summed E-state index contributed by atoms with van der Waals surface area (Å²) in [7, 11) is 0. The number of hydrogen-bond acceptors (Lipinski definition) is 5. The van der Waals surface area contributed by atoms with Gasteiger partial charge in [-0.1, -0.05) is 37.4 Å². The predicted octanol–water partition coefficient (Wildman–Crippen LogP) is 6.73. The molecule has 1 aromatic heterocycles. The van der Waals surface area contributed by atoms with Crippen LogP contribution in [0.3, 0.4) is 0 Å². The van der Waals surface area contributed by atoms with Gasteiger partial charge in [0.1, 0.15) is 23.0 Å². The molecule has 1 heterocycles. The predicted molar refractivity (Wildman–Crippen MR) is 128 cm³/mol. The second kappa shape index (κ2) is 9.01. The van der Waals surface area contributed by atoms with Gasteiger partial charge in [0.05, 0.1) is 0 Å². The first-order valence-corrected chi connectivity index (χ1v) is 10.3. The lowest BCUT2D eigenvalue weighted by Crippen LogP contribution is -2.08. The van der Waals surface area contributed by atoms with Crippen LogP contribution < -0.4 is 9.47 Å². The third kappa shape index (κ3) is 4.62. The topological polar surface area (TPSA) is 65.7 Å². The Morgan fingerprint density at radius 1 is 0.697 bits per heavy atom. The lowest BCUT2D eigenvalue weighted by Gasteiger charge is -2.10. The van der Waals surface area contributed by atoms with Gasteiger partial charge in [0.25, 0.3) is 0 Å². The number of ether oxygens (including phenoxy) is 2. The summed E-state index contributed by atoms with van der Waals surface area (Å²) in [5.41, 5.74) is 2.38. The highest BCUT2D eigenvalue weighted by Crippen LogP contribution is 2.37. The lowest BCUT2D eigenvalue weighted by atomic mass is 10.0. The van der Waals surface area contributed by atoms with Crippen LogP contribution in [0.2, 0.25) is 0 Å². The third-order valence-corrected chi connectivity index (χ3v) is 5.00. The first-order chi connectivity index (χ1) is 15.8. The molecule has 5 heteroatoms. The molecule has 0 atom stereocenters. The molecule has 0 N–H and O–H groups in total. The first-order valence-electron chi connectivity index (χ1n) is 10.3. The summed E-state index contributed by atoms with van der Waals surface area (Å²) in [6, 6.07) is 22.1. The molecule has 0 saturated carbocycles. The van der Waals surface area contributed by atoms with E-state index in [1.807, 2.05) is 54.6 Å². The second-order valence-electron chi connectivity index (χ2n) is 7.68. The molecule has 0 aliphatic rings. The minimum atomic E-state index is -0.467. The fourth-order valence-corrected chi connectivity index (χ4v) is 3.28. The number of carbonyl (C=O) groups is 2. The highest BCUT2D eigenvalue weighted by molar-refractivity contribution is 6.01. The van der Waals surface area contributed by atoms with Gasteiger partial charge in [-0.05, 0) is 67.8 Å². The van der Waals surface area contributed by atoms with E-state index in [1.54, 1.807) is 32.0 Å². The lowest BCUT2D eigenvalue weighted by molar-refractivity contribution is -0.130. The monoisotopic (exact) mass is 438 g/mol. The van der Waals surface area contributed by atoms with Crippen LogP contribution in [0.4, 0.5) is 0 Å². The molecular formula is C28H22O5. The zero-order valence-electron chi connectivity index (χ0n) is 18.4. The van der Waals surface area contributed by atoms with E-state index in [4.69, 9.17) is 13.9 Å². The average Bonchev–Trinajstić information content (AvgIpc) is 3.29. The molecule has 0 fully saturated rings. The van der Waals surface area contributed by atoms with Crippen molar-refractivity contribution >= 4 is 22.7 Å². The van der Waals surface area contributed by atoms with Crippen molar-refractivity contribution in [1.29, 1.82) is 0 Å². The first kappa shape index (κ1) is 21.8. The average molecular weight is 438 g/mol. The smallest absolute Gasteiger partial charge is 0.338 e. The van der Waals surface area contributed by atoms with Gasteiger partial charge in [-0.2, -0.15) is 0 Å². The van der Waals surface area contributed by atoms with Crippen LogP contribution in [0, 0.1) is 0 Å². The Hall–Kier alpha value is -4.38. The largest absolute Gasteiger partial charge is 0.456 e. The molecule has 5 nitrogen and oxygen atoms in total. The molecule has 0 spiro atoms. The van der Waals surface area contributed by atoms with Crippen molar-refractivity contribution in [1.82, 2.24) is 0 Å². The minimum absolute atomic E-state index is 0.333. The maximum absolute atomic E-state index is 12.0. The Labute approximate surface area is 191 Å². The highest BCUT2D eigenvalue weighted by Gasteiger charge is 2.15. The number of carbonyl (C=O) groups excluding carboxylic acids is 2. The molecule has 0 radical (unpaired) electrons. The Morgan fingerprint density at radius 3 is 1.97 bits per heavy atom. The zero-order valence-corrected chi connectivity index (χ0v) is 18.4. The van der Waals surface area contributed by atoms with Crippen LogP contribution >= 0.6 is 0 Å². The summed E-state index contributed by atoms with van der Waals surface area (Å²) in [5.74, 6) is 1.32. The molecule has 33 heavy (non-hydrogen) atoms. The Kier molecular flexibility index (Phi) is 5.96. The maximum Gasteiger partial charge on any atom is 0.338 e.